The van der Waals surface area contributed by atoms with E-state index in [0.717, 1.165) is 13.1 Å². The van der Waals surface area contributed by atoms with Crippen LogP contribution in [0.25, 0.3) is 5.95 Å². The average Bonchev–Trinajstić information content (AvgIpc) is 2.91. The Bertz CT molecular complexity index is 548. The molecule has 0 N–H and O–H groups in total. The molecular formula is C13H17ClN6. The van der Waals surface area contributed by atoms with Gasteiger partial charge in [-0.25, -0.2) is 4.68 Å². The summed E-state index contributed by atoms with van der Waals surface area (Å²) in [5.74, 6) is 1.12. The van der Waals surface area contributed by atoms with Crippen molar-refractivity contribution in [1.82, 2.24) is 24.7 Å². The van der Waals surface area contributed by atoms with Crippen molar-refractivity contribution < 1.29 is 0 Å². The second-order valence-electron chi connectivity index (χ2n) is 4.91. The summed E-state index contributed by atoms with van der Waals surface area (Å²) >= 11 is 6.03. The van der Waals surface area contributed by atoms with E-state index in [1.165, 1.54) is 32.1 Å². The molecule has 2 aromatic heterocycles. The normalized spacial score (nSPS) is 16.8. The van der Waals surface area contributed by atoms with Gasteiger partial charge < -0.3 is 4.90 Å². The lowest BCUT2D eigenvalue weighted by Crippen LogP contribution is -2.29. The van der Waals surface area contributed by atoms with Crippen LogP contribution in [0.2, 0.25) is 5.28 Å². The number of halogens is 1. The molecule has 106 valence electrons. The summed E-state index contributed by atoms with van der Waals surface area (Å²) in [6.45, 7) is 1.94. The fourth-order valence-electron chi connectivity index (χ4n) is 2.41. The molecule has 20 heavy (non-hydrogen) atoms. The Morgan fingerprint density at radius 3 is 2.30 bits per heavy atom. The molecule has 0 bridgehead atoms. The first-order valence-corrected chi connectivity index (χ1v) is 7.37. The van der Waals surface area contributed by atoms with Gasteiger partial charge in [-0.2, -0.15) is 20.1 Å². The maximum atomic E-state index is 6.03. The van der Waals surface area contributed by atoms with Gasteiger partial charge in [-0.15, -0.1) is 0 Å². The summed E-state index contributed by atoms with van der Waals surface area (Å²) in [7, 11) is 0. The van der Waals surface area contributed by atoms with Crippen molar-refractivity contribution in [3.05, 3.63) is 23.7 Å². The minimum absolute atomic E-state index is 0.211. The van der Waals surface area contributed by atoms with Crippen molar-refractivity contribution in [3.8, 4) is 5.95 Å². The van der Waals surface area contributed by atoms with Crippen LogP contribution in [0.5, 0.6) is 0 Å². The largest absolute Gasteiger partial charge is 0.341 e. The van der Waals surface area contributed by atoms with Gasteiger partial charge in [0.05, 0.1) is 0 Å². The molecule has 1 aliphatic rings. The van der Waals surface area contributed by atoms with E-state index in [2.05, 4.69) is 25.0 Å². The van der Waals surface area contributed by atoms with E-state index in [4.69, 9.17) is 11.6 Å². The minimum Gasteiger partial charge on any atom is -0.341 e. The van der Waals surface area contributed by atoms with Crippen LogP contribution in [0.15, 0.2) is 18.5 Å². The number of nitrogens with zero attached hydrogens (tertiary/aromatic N) is 6. The van der Waals surface area contributed by atoms with Crippen LogP contribution in [0, 0.1) is 0 Å². The van der Waals surface area contributed by atoms with E-state index in [0.29, 0.717) is 11.9 Å². The summed E-state index contributed by atoms with van der Waals surface area (Å²) in [6, 6.07) is 1.83. The van der Waals surface area contributed by atoms with Crippen LogP contribution in [0.3, 0.4) is 0 Å². The summed E-state index contributed by atoms with van der Waals surface area (Å²) in [6.07, 6.45) is 9.67. The standard InChI is InChI=1S/C13H17ClN6/c14-11-16-12(19-8-4-2-1-3-5-9-19)18-13(17-11)20-10-6-7-15-20/h6-7,10H,1-5,8-9H2. The predicted octanol–water partition coefficient (Wildman–Crippen LogP) is 2.48. The molecule has 0 saturated carbocycles. The Balaban J connectivity index is 1.88. The fourth-order valence-corrected chi connectivity index (χ4v) is 2.56. The van der Waals surface area contributed by atoms with E-state index in [1.807, 2.05) is 6.07 Å². The molecule has 0 aromatic carbocycles. The number of hydrogen-bond donors (Lipinski definition) is 0. The zero-order chi connectivity index (χ0) is 13.8. The van der Waals surface area contributed by atoms with Crippen molar-refractivity contribution in [2.75, 3.05) is 18.0 Å². The minimum atomic E-state index is 0.211. The predicted molar refractivity (Wildman–Crippen MR) is 77.3 cm³/mol. The van der Waals surface area contributed by atoms with Crippen LogP contribution in [-0.4, -0.2) is 37.8 Å². The van der Waals surface area contributed by atoms with Crippen molar-refractivity contribution in [3.63, 3.8) is 0 Å². The van der Waals surface area contributed by atoms with E-state index in [9.17, 15) is 0 Å². The Hall–Kier alpha value is -1.69. The van der Waals surface area contributed by atoms with Crippen LogP contribution < -0.4 is 4.90 Å². The topological polar surface area (TPSA) is 59.7 Å². The zero-order valence-electron chi connectivity index (χ0n) is 11.2. The monoisotopic (exact) mass is 292 g/mol. The molecular weight excluding hydrogens is 276 g/mol. The second kappa shape index (κ2) is 6.17. The maximum Gasteiger partial charge on any atom is 0.256 e. The molecule has 0 unspecified atom stereocenters. The molecule has 7 heteroatoms. The quantitative estimate of drug-likeness (QED) is 0.851. The second-order valence-corrected chi connectivity index (χ2v) is 5.25. The molecule has 2 aromatic rings. The molecule has 0 radical (unpaired) electrons. The first kappa shape index (κ1) is 13.3. The molecule has 3 rings (SSSR count). The fraction of sp³-hybridized carbons (Fsp3) is 0.538. The summed E-state index contributed by atoms with van der Waals surface area (Å²) in [5.41, 5.74) is 0. The van der Waals surface area contributed by atoms with Gasteiger partial charge in [0, 0.05) is 25.5 Å². The van der Waals surface area contributed by atoms with E-state index in [1.54, 1.807) is 17.1 Å². The van der Waals surface area contributed by atoms with Gasteiger partial charge in [0.15, 0.2) is 0 Å². The van der Waals surface area contributed by atoms with Gasteiger partial charge in [0.2, 0.25) is 11.2 Å². The van der Waals surface area contributed by atoms with Crippen LogP contribution >= 0.6 is 11.6 Å². The summed E-state index contributed by atoms with van der Waals surface area (Å²) < 4.78 is 1.60. The van der Waals surface area contributed by atoms with Crippen LogP contribution in [0.4, 0.5) is 5.95 Å². The van der Waals surface area contributed by atoms with Gasteiger partial charge in [-0.1, -0.05) is 19.3 Å². The van der Waals surface area contributed by atoms with Crippen molar-refractivity contribution >= 4 is 17.5 Å². The molecule has 0 amide bonds. The van der Waals surface area contributed by atoms with Crippen molar-refractivity contribution in [2.24, 2.45) is 0 Å². The molecule has 0 spiro atoms. The highest BCUT2D eigenvalue weighted by Gasteiger charge is 2.15. The Morgan fingerprint density at radius 2 is 1.60 bits per heavy atom. The molecule has 6 nitrogen and oxygen atoms in total. The van der Waals surface area contributed by atoms with Crippen LogP contribution in [-0.2, 0) is 0 Å². The maximum absolute atomic E-state index is 6.03. The summed E-state index contributed by atoms with van der Waals surface area (Å²) in [4.78, 5) is 15.1. The highest BCUT2D eigenvalue weighted by atomic mass is 35.5. The van der Waals surface area contributed by atoms with E-state index >= 15 is 0 Å². The summed E-state index contributed by atoms with van der Waals surface area (Å²) in [5, 5.41) is 4.34. The molecule has 1 saturated heterocycles. The SMILES string of the molecule is Clc1nc(N2CCCCCCC2)nc(-n2cccn2)n1. The smallest absolute Gasteiger partial charge is 0.256 e. The van der Waals surface area contributed by atoms with E-state index < -0.39 is 0 Å². The zero-order valence-corrected chi connectivity index (χ0v) is 12.0. The van der Waals surface area contributed by atoms with E-state index in [-0.39, 0.29) is 5.28 Å². The lowest BCUT2D eigenvalue weighted by atomic mass is 10.1. The lowest BCUT2D eigenvalue weighted by molar-refractivity contribution is 0.549. The first-order chi connectivity index (χ1) is 9.83. The molecule has 1 aliphatic heterocycles. The Labute approximate surface area is 122 Å². The number of rotatable bonds is 2. The number of aromatic nitrogens is 5. The average molecular weight is 293 g/mol. The molecule has 0 atom stereocenters. The Kier molecular flexibility index (Phi) is 4.11. The number of hydrogen-bond acceptors (Lipinski definition) is 5. The third kappa shape index (κ3) is 3.07. The third-order valence-electron chi connectivity index (χ3n) is 3.43. The van der Waals surface area contributed by atoms with Crippen LogP contribution in [0.1, 0.15) is 32.1 Å². The molecule has 3 heterocycles. The lowest BCUT2D eigenvalue weighted by Gasteiger charge is -2.24. The van der Waals surface area contributed by atoms with Crippen molar-refractivity contribution in [1.29, 1.82) is 0 Å². The van der Waals surface area contributed by atoms with Crippen molar-refractivity contribution in [2.45, 2.75) is 32.1 Å². The number of anilines is 1. The molecule has 0 aliphatic carbocycles. The highest BCUT2D eigenvalue weighted by Crippen LogP contribution is 2.17. The highest BCUT2D eigenvalue weighted by molar-refractivity contribution is 6.28. The Morgan fingerprint density at radius 1 is 0.900 bits per heavy atom. The third-order valence-corrected chi connectivity index (χ3v) is 3.60. The van der Waals surface area contributed by atoms with Gasteiger partial charge in [-0.3, -0.25) is 0 Å². The van der Waals surface area contributed by atoms with Gasteiger partial charge in [-0.05, 0) is 30.5 Å². The van der Waals surface area contributed by atoms with Gasteiger partial charge in [0.1, 0.15) is 0 Å². The van der Waals surface area contributed by atoms with Gasteiger partial charge >= 0.3 is 0 Å². The van der Waals surface area contributed by atoms with Gasteiger partial charge in [0.25, 0.3) is 5.95 Å². The molecule has 1 fully saturated rings. The first-order valence-electron chi connectivity index (χ1n) is 6.99.